The molecule has 0 unspecified atom stereocenters. The Morgan fingerprint density at radius 3 is 1.09 bits per heavy atom. The number of imidazole rings is 3. The lowest BCUT2D eigenvalue weighted by atomic mass is 10.1. The first kappa shape index (κ1) is 66.7. The zero-order valence-corrected chi connectivity index (χ0v) is 54.7. The van der Waals surface area contributed by atoms with Crippen molar-refractivity contribution in [3.8, 4) is 67.9 Å². The molecule has 0 bridgehead atoms. The van der Waals surface area contributed by atoms with Crippen molar-refractivity contribution < 1.29 is 40.7 Å². The third-order valence-corrected chi connectivity index (χ3v) is 16.7. The fourth-order valence-electron chi connectivity index (χ4n) is 11.2. The Hall–Kier alpha value is -12.9. The van der Waals surface area contributed by atoms with Crippen molar-refractivity contribution in [3.63, 3.8) is 0 Å². The van der Waals surface area contributed by atoms with Gasteiger partial charge in [0.15, 0.2) is 34.9 Å². The van der Waals surface area contributed by atoms with Crippen LogP contribution in [0.1, 0.15) is 53.7 Å². The molecule has 0 saturated carbocycles. The lowest BCUT2D eigenvalue weighted by Crippen LogP contribution is -2.15. The highest BCUT2D eigenvalue weighted by Crippen LogP contribution is 2.35. The van der Waals surface area contributed by atoms with Gasteiger partial charge in [-0.15, -0.1) is 0 Å². The van der Waals surface area contributed by atoms with E-state index in [1.165, 1.54) is 36.4 Å². The molecule has 9 aromatic heterocycles. The summed E-state index contributed by atoms with van der Waals surface area (Å²) in [5, 5.41) is 8.73. The predicted octanol–water partition coefficient (Wildman–Crippen LogP) is 18.7. The summed E-state index contributed by atoms with van der Waals surface area (Å²) in [5.41, 5.74) is 12.4. The molecule has 0 radical (unpaired) electrons. The second-order valence-corrected chi connectivity index (χ2v) is 23.7. The van der Waals surface area contributed by atoms with Gasteiger partial charge < -0.3 is 16.0 Å². The molecule has 498 valence electrons. The number of nitrogens with one attached hydrogen (secondary N) is 3. The average Bonchev–Trinajstić information content (AvgIpc) is 1.67. The van der Waals surface area contributed by atoms with Crippen LogP contribution in [0, 0.1) is 62.6 Å². The lowest BCUT2D eigenvalue weighted by Gasteiger charge is -2.11. The molecule has 0 aliphatic rings. The normalized spacial score (nSPS) is 11.0. The van der Waals surface area contributed by atoms with E-state index < -0.39 is 40.8 Å². The molecule has 6 aromatic carbocycles. The monoisotopic (exact) mass is 1370 g/mol. The first-order valence-corrected chi connectivity index (χ1v) is 31.7. The van der Waals surface area contributed by atoms with Gasteiger partial charge in [0, 0.05) is 52.3 Å². The highest BCUT2D eigenvalue weighted by Gasteiger charge is 2.23. The second-order valence-electron chi connectivity index (χ2n) is 23.3. The van der Waals surface area contributed by atoms with Gasteiger partial charge in [0.25, 0.3) is 17.7 Å². The zero-order valence-electron chi connectivity index (χ0n) is 54.0. The van der Waals surface area contributed by atoms with E-state index in [9.17, 15) is 40.7 Å². The van der Waals surface area contributed by atoms with Crippen LogP contribution < -0.4 is 16.0 Å². The third-order valence-electron chi connectivity index (χ3n) is 16.4. The van der Waals surface area contributed by atoms with Crippen LogP contribution in [-0.2, 0) is 0 Å². The van der Waals surface area contributed by atoms with Gasteiger partial charge in [0.1, 0.15) is 34.6 Å². The van der Waals surface area contributed by atoms with Crippen molar-refractivity contribution in [3.05, 3.63) is 323 Å². The Morgan fingerprint density at radius 2 is 0.683 bits per heavy atom. The van der Waals surface area contributed by atoms with Crippen LogP contribution >= 0.6 is 11.6 Å². The zero-order chi connectivity index (χ0) is 70.6. The summed E-state index contributed by atoms with van der Waals surface area (Å²) in [6.07, 6.45) is 9.87. The van der Waals surface area contributed by atoms with E-state index in [1.54, 1.807) is 117 Å². The predicted molar refractivity (Wildman–Crippen MR) is 378 cm³/mol. The number of rotatable bonds is 12. The Balaban J connectivity index is 0.000000135. The van der Waals surface area contributed by atoms with Gasteiger partial charge in [-0.3, -0.25) is 27.6 Å². The number of halogens is 7. The van der Waals surface area contributed by atoms with Gasteiger partial charge in [-0.1, -0.05) is 95.0 Å². The molecule has 0 spiro atoms. The first-order valence-electron chi connectivity index (χ1n) is 31.3. The standard InChI is InChI=1S/C27H20F2N4O.C26H17ClF2N4O.C26H18F2N4O/c1-16-8-11-18(12-9-16)31-27(34)25-17(2)10-13-22(32-25)19-6-4-14-33-23(19)15-30-26(33)20-5-3-7-21(28)24(20)29;1-15-7-9-16(10-8-15)31-26(34)24-19(27)11-12-21(32-24)17-5-3-13-33-22(17)14-30-25(33)18-4-2-6-20(28)23(18)29;1-16-10-12-17(13-11-16)30-26(33)22-9-3-8-21(31-22)18-6-4-14-32-23(18)15-29-25(32)19-5-2-7-20(27)24(19)28/h3-15H,1-2H3,(H,31,34);2-14H,1H3,(H,31,34);2-15H,1H3,(H,30,33). The van der Waals surface area contributed by atoms with Crippen LogP contribution in [0.25, 0.3) is 84.5 Å². The molecule has 0 fully saturated rings. The molecule has 9 heterocycles. The number of hydrogen-bond donors (Lipinski definition) is 3. The first-order chi connectivity index (χ1) is 48.8. The van der Waals surface area contributed by atoms with Crippen LogP contribution in [0.15, 0.2) is 243 Å². The maximum atomic E-state index is 14.4. The van der Waals surface area contributed by atoms with E-state index in [-0.39, 0.29) is 62.4 Å². The number of aromatic nitrogens is 9. The number of fused-ring (bicyclic) bond motifs is 3. The summed E-state index contributed by atoms with van der Waals surface area (Å²) in [6.45, 7) is 7.73. The van der Waals surface area contributed by atoms with Gasteiger partial charge in [-0.25, -0.2) is 56.2 Å². The largest absolute Gasteiger partial charge is 0.321 e. The number of nitrogens with zero attached hydrogens (tertiary/aromatic N) is 9. The molecule has 101 heavy (non-hydrogen) atoms. The molecule has 3 amide bonds. The SMILES string of the molecule is Cc1ccc(NC(=O)c2cccc(-c3cccn4c(-c5cccc(F)c5F)ncc34)n2)cc1.Cc1ccc(NC(=O)c2nc(-c3cccn4c(-c5cccc(F)c5F)ncc34)ccc2C)cc1.Cc1ccc(NC(=O)c2nc(-c3cccn4c(-c5cccc(F)c5F)ncc34)ccc2Cl)cc1. The van der Waals surface area contributed by atoms with E-state index in [4.69, 9.17) is 11.6 Å². The number of pyridine rings is 6. The van der Waals surface area contributed by atoms with Crippen LogP contribution in [-0.4, -0.2) is 60.8 Å². The van der Waals surface area contributed by atoms with Gasteiger partial charge in [-0.2, -0.15) is 0 Å². The van der Waals surface area contributed by atoms with E-state index in [0.29, 0.717) is 73.1 Å². The van der Waals surface area contributed by atoms with Crippen molar-refractivity contribution in [2.75, 3.05) is 16.0 Å². The topological polar surface area (TPSA) is 178 Å². The van der Waals surface area contributed by atoms with Crippen LogP contribution in [0.5, 0.6) is 0 Å². The van der Waals surface area contributed by atoms with Crippen LogP contribution in [0.3, 0.4) is 0 Å². The molecule has 0 atom stereocenters. The minimum absolute atomic E-state index is 0.0411. The molecule has 15 aromatic rings. The molecule has 22 heteroatoms. The Kier molecular flexibility index (Phi) is 18.9. The van der Waals surface area contributed by atoms with E-state index in [1.807, 2.05) is 113 Å². The maximum absolute atomic E-state index is 14.4. The fourth-order valence-corrected chi connectivity index (χ4v) is 11.4. The molecule has 0 aliphatic heterocycles. The molecular weight excluding hydrogens is 1310 g/mol. The van der Waals surface area contributed by atoms with Gasteiger partial charge in [-0.05, 0) is 173 Å². The van der Waals surface area contributed by atoms with Crippen molar-refractivity contribution in [1.82, 2.24) is 43.1 Å². The Morgan fingerprint density at radius 1 is 0.347 bits per heavy atom. The van der Waals surface area contributed by atoms with Crippen molar-refractivity contribution in [2.24, 2.45) is 0 Å². The third kappa shape index (κ3) is 14.0. The highest BCUT2D eigenvalue weighted by molar-refractivity contribution is 6.34. The quantitative estimate of drug-likeness (QED) is 0.100. The summed E-state index contributed by atoms with van der Waals surface area (Å²) in [6, 6.07) is 57.2. The number of aryl methyl sites for hydroxylation is 4. The summed E-state index contributed by atoms with van der Waals surface area (Å²) in [4.78, 5) is 65.2. The van der Waals surface area contributed by atoms with E-state index >= 15 is 0 Å². The van der Waals surface area contributed by atoms with Crippen molar-refractivity contribution in [2.45, 2.75) is 27.7 Å². The number of carbonyl (C=O) groups excluding carboxylic acids is 3. The van der Waals surface area contributed by atoms with Crippen molar-refractivity contribution in [1.29, 1.82) is 0 Å². The average molecular weight is 1370 g/mol. The highest BCUT2D eigenvalue weighted by atomic mass is 35.5. The number of amides is 3. The number of hydrogen-bond acceptors (Lipinski definition) is 9. The molecular formula is C79H55ClF6N12O3. The summed E-state index contributed by atoms with van der Waals surface area (Å²) in [7, 11) is 0. The number of benzene rings is 6. The van der Waals surface area contributed by atoms with Gasteiger partial charge in [0.2, 0.25) is 0 Å². The van der Waals surface area contributed by atoms with Crippen LogP contribution in [0.4, 0.5) is 43.4 Å². The Bertz CT molecular complexity index is 5450. The minimum atomic E-state index is -0.972. The minimum Gasteiger partial charge on any atom is -0.321 e. The summed E-state index contributed by atoms with van der Waals surface area (Å²) >= 11 is 6.29. The van der Waals surface area contributed by atoms with Crippen molar-refractivity contribution >= 4 is 62.9 Å². The summed E-state index contributed by atoms with van der Waals surface area (Å²) in [5.74, 6) is -5.99. The Labute approximate surface area is 578 Å². The fraction of sp³-hybridized carbons (Fsp3) is 0.0506. The molecule has 3 N–H and O–H groups in total. The van der Waals surface area contributed by atoms with Gasteiger partial charge >= 0.3 is 0 Å². The maximum Gasteiger partial charge on any atom is 0.275 e. The number of carbonyl (C=O) groups is 3. The van der Waals surface area contributed by atoms with Crippen LogP contribution in [0.2, 0.25) is 5.02 Å². The van der Waals surface area contributed by atoms with E-state index in [0.717, 1.165) is 40.5 Å². The summed E-state index contributed by atoms with van der Waals surface area (Å²) < 4.78 is 89.5. The smallest absolute Gasteiger partial charge is 0.275 e. The van der Waals surface area contributed by atoms with Gasteiger partial charge in [0.05, 0.1) is 73.9 Å². The molecule has 15 nitrogen and oxygen atoms in total. The molecule has 15 rings (SSSR count). The molecule has 0 saturated heterocycles. The second kappa shape index (κ2) is 28.7. The molecule has 0 aliphatic carbocycles. The lowest BCUT2D eigenvalue weighted by molar-refractivity contribution is 0.101. The number of anilines is 3. The van der Waals surface area contributed by atoms with E-state index in [2.05, 4.69) is 45.9 Å².